The third kappa shape index (κ3) is 10.9. The third-order valence-electron chi connectivity index (χ3n) is 11.0. The maximum atomic E-state index is 13.6. The number of nitrogens with zero attached hydrogens (tertiary/aromatic N) is 9. The van der Waals surface area contributed by atoms with Gasteiger partial charge in [-0.1, -0.05) is 12.1 Å². The number of nitrogens with two attached hydrogens (primary N) is 1. The van der Waals surface area contributed by atoms with Crippen LogP contribution < -0.4 is 16.4 Å². The van der Waals surface area contributed by atoms with Gasteiger partial charge in [-0.15, -0.1) is 0 Å². The number of nitrogen functional groups attached to an aromatic ring is 1. The molecule has 2 aliphatic rings. The molecule has 10 rings (SSSR count). The molecule has 15 nitrogen and oxygen atoms in total. The molecule has 0 unspecified atom stereocenters. The Labute approximate surface area is 380 Å². The summed E-state index contributed by atoms with van der Waals surface area (Å²) in [5.74, 6) is -0.297. The van der Waals surface area contributed by atoms with Gasteiger partial charge in [-0.25, -0.2) is 53.4 Å². The number of carbonyl (C=O) groups is 1. The van der Waals surface area contributed by atoms with Gasteiger partial charge in [0.25, 0.3) is 0 Å². The number of urea groups is 1. The van der Waals surface area contributed by atoms with Gasteiger partial charge >= 0.3 is 6.03 Å². The van der Waals surface area contributed by atoms with Crippen LogP contribution in [0, 0.1) is 25.5 Å². The number of fused-ring (bicyclic) bond motifs is 2. The fraction of sp³-hybridized carbons (Fsp3) is 0.245. The Balaban J connectivity index is 0.000000161. The Kier molecular flexibility index (Phi) is 14.1. The topological polar surface area (TPSA) is 192 Å². The highest BCUT2D eigenvalue weighted by atomic mass is 19.1. The summed E-state index contributed by atoms with van der Waals surface area (Å²) < 4.78 is 37.6. The van der Waals surface area contributed by atoms with Gasteiger partial charge in [-0.05, 0) is 112 Å². The van der Waals surface area contributed by atoms with Crippen LogP contribution in [0.3, 0.4) is 0 Å². The van der Waals surface area contributed by atoms with Crippen LogP contribution in [0.25, 0.3) is 66.6 Å². The van der Waals surface area contributed by atoms with Crippen LogP contribution in [0.15, 0.2) is 110 Å². The normalized spacial score (nSPS) is 15.9. The number of amides is 2. The smallest absolute Gasteiger partial charge is 0.324 e. The average molecular weight is 891 g/mol. The molecule has 8 aromatic rings. The number of hydrogen-bond donors (Lipinski definition) is 3. The van der Waals surface area contributed by atoms with E-state index in [1.165, 1.54) is 30.6 Å². The number of anilines is 2. The lowest BCUT2D eigenvalue weighted by molar-refractivity contribution is -0.00141. The molecular formula is C49H48F2N12O3. The largest absolute Gasteiger partial charge is 0.376 e. The van der Waals surface area contributed by atoms with E-state index in [1.807, 2.05) is 57.2 Å². The molecule has 2 amide bonds. The van der Waals surface area contributed by atoms with Crippen LogP contribution in [0.4, 0.5) is 25.5 Å². The molecule has 0 saturated carbocycles. The second-order valence-electron chi connectivity index (χ2n) is 15.8. The molecule has 4 aromatic heterocycles. The van der Waals surface area contributed by atoms with Gasteiger partial charge in [0.05, 0.1) is 47.8 Å². The lowest BCUT2D eigenvalue weighted by Crippen LogP contribution is -2.46. The van der Waals surface area contributed by atoms with Crippen molar-refractivity contribution in [2.24, 2.45) is 0 Å². The molecule has 2 saturated heterocycles. The molecule has 4 aromatic carbocycles. The maximum Gasteiger partial charge on any atom is 0.324 e. The summed E-state index contributed by atoms with van der Waals surface area (Å²) in [4.78, 5) is 49.1. The van der Waals surface area contributed by atoms with Crippen LogP contribution in [0.1, 0.15) is 25.2 Å². The van der Waals surface area contributed by atoms with Crippen LogP contribution in [0.5, 0.6) is 0 Å². The fourth-order valence-corrected chi connectivity index (χ4v) is 7.50. The first kappa shape index (κ1) is 45.1. The standard InChI is InChI=1S/C25H23FN6O2.C19H14FN5.C5H11NO/c1-15-13-32(9-10-34-15)25(33)31-24-27-12-21(23(30-24)17-3-6-19(26)7-4-17)18-5-8-22-20(11-18)16(2)28-14-29-22;1-11-15-8-13(4-7-17(15)24-10-23-11)16-9-22-19(21)25-18(16)12-2-5-14(20)6-3-12;1-5-4-6-2-3-7-5/h3-8,11-12,14-15H,9-10,13H2,1-2H3,(H,27,30,31,33);2-10H,1H3,(H2,21,22,25);5-6H,2-4H2,1H3/t15-;;5-/m1.1/s1. The van der Waals surface area contributed by atoms with E-state index in [1.54, 1.807) is 47.9 Å². The van der Waals surface area contributed by atoms with E-state index in [2.05, 4.69) is 57.4 Å². The number of rotatable bonds is 5. The van der Waals surface area contributed by atoms with Crippen molar-refractivity contribution in [3.05, 3.63) is 133 Å². The number of aryl methyl sites for hydroxylation is 2. The van der Waals surface area contributed by atoms with Crippen molar-refractivity contribution in [3.63, 3.8) is 0 Å². The van der Waals surface area contributed by atoms with Crippen LogP contribution in [0.2, 0.25) is 0 Å². The molecule has 0 bridgehead atoms. The van der Waals surface area contributed by atoms with Gasteiger partial charge in [0.1, 0.15) is 24.3 Å². The van der Waals surface area contributed by atoms with Gasteiger partial charge in [-0.2, -0.15) is 0 Å². The molecule has 336 valence electrons. The number of hydrogen-bond acceptors (Lipinski definition) is 13. The molecule has 0 spiro atoms. The molecular weight excluding hydrogens is 843 g/mol. The minimum absolute atomic E-state index is 0.0297. The van der Waals surface area contributed by atoms with Crippen molar-refractivity contribution in [2.75, 3.05) is 50.4 Å². The van der Waals surface area contributed by atoms with Gasteiger partial charge in [0, 0.05) is 83.0 Å². The predicted octanol–water partition coefficient (Wildman–Crippen LogP) is 8.23. The molecule has 2 atom stereocenters. The van der Waals surface area contributed by atoms with Crippen molar-refractivity contribution in [1.29, 1.82) is 0 Å². The number of aromatic nitrogens is 8. The van der Waals surface area contributed by atoms with Crippen molar-refractivity contribution in [1.82, 2.24) is 50.1 Å². The number of nitrogens with one attached hydrogen (secondary N) is 2. The summed E-state index contributed by atoms with van der Waals surface area (Å²) in [6, 6.07) is 23.7. The van der Waals surface area contributed by atoms with Crippen molar-refractivity contribution >= 4 is 39.7 Å². The van der Waals surface area contributed by atoms with Gasteiger partial charge in [0.2, 0.25) is 11.9 Å². The number of halogens is 2. The van der Waals surface area contributed by atoms with E-state index < -0.39 is 0 Å². The summed E-state index contributed by atoms with van der Waals surface area (Å²) in [7, 11) is 0. The monoisotopic (exact) mass is 890 g/mol. The highest BCUT2D eigenvalue weighted by Gasteiger charge is 2.23. The SMILES string of the molecule is C[C@@H]1CNCCO1.Cc1ncnc2ccc(-c3cnc(N)nc3-c3ccc(F)cc3)cc12.Cc1ncnc2ccc(-c3cnc(NC(=O)N4CCO[C@H](C)C4)nc3-c3ccc(F)cc3)cc12. The van der Waals surface area contributed by atoms with E-state index >= 15 is 0 Å². The van der Waals surface area contributed by atoms with E-state index in [-0.39, 0.29) is 35.7 Å². The predicted molar refractivity (Wildman–Crippen MR) is 250 cm³/mol. The molecule has 66 heavy (non-hydrogen) atoms. The zero-order valence-electron chi connectivity index (χ0n) is 36.9. The maximum absolute atomic E-state index is 13.6. The zero-order chi connectivity index (χ0) is 46.2. The number of benzene rings is 4. The minimum atomic E-state index is -0.340. The van der Waals surface area contributed by atoms with Gasteiger partial charge in [-0.3, -0.25) is 5.32 Å². The number of morpholine rings is 2. The molecule has 6 heterocycles. The van der Waals surface area contributed by atoms with Crippen LogP contribution in [-0.4, -0.2) is 102 Å². The minimum Gasteiger partial charge on any atom is -0.376 e. The van der Waals surface area contributed by atoms with Gasteiger partial charge in [0.15, 0.2) is 0 Å². The molecule has 17 heteroatoms. The molecule has 0 radical (unpaired) electrons. The Morgan fingerprint density at radius 3 is 1.73 bits per heavy atom. The number of carbonyl (C=O) groups excluding carboxylic acids is 1. The summed E-state index contributed by atoms with van der Waals surface area (Å²) in [6.07, 6.45) is 6.84. The Bertz CT molecular complexity index is 2970. The Hall–Kier alpha value is -7.47. The van der Waals surface area contributed by atoms with E-state index in [9.17, 15) is 13.6 Å². The highest BCUT2D eigenvalue weighted by Crippen LogP contribution is 2.34. The first-order valence-corrected chi connectivity index (χ1v) is 21.4. The summed E-state index contributed by atoms with van der Waals surface area (Å²) in [5.41, 5.74) is 15.3. The van der Waals surface area contributed by atoms with E-state index in [4.69, 9.17) is 15.2 Å². The molecule has 4 N–H and O–H groups in total. The first-order chi connectivity index (χ1) is 32.0. The van der Waals surface area contributed by atoms with E-state index in [0.29, 0.717) is 42.8 Å². The molecule has 2 fully saturated rings. The summed E-state index contributed by atoms with van der Waals surface area (Å²) in [6.45, 7) is 12.3. The second-order valence-corrected chi connectivity index (χ2v) is 15.8. The quantitative estimate of drug-likeness (QED) is 0.150. The van der Waals surface area contributed by atoms with Crippen LogP contribution in [-0.2, 0) is 9.47 Å². The lowest BCUT2D eigenvalue weighted by Gasteiger charge is -2.30. The van der Waals surface area contributed by atoms with Crippen molar-refractivity contribution < 1.29 is 23.0 Å². The zero-order valence-corrected chi connectivity index (χ0v) is 36.9. The first-order valence-electron chi connectivity index (χ1n) is 21.4. The average Bonchev–Trinajstić information content (AvgIpc) is 3.33. The fourth-order valence-electron chi connectivity index (χ4n) is 7.50. The number of ether oxygens (including phenoxy) is 2. The highest BCUT2D eigenvalue weighted by molar-refractivity contribution is 5.92. The molecule has 0 aliphatic carbocycles. The summed E-state index contributed by atoms with van der Waals surface area (Å²) in [5, 5.41) is 7.88. The Morgan fingerprint density at radius 2 is 1.21 bits per heavy atom. The second kappa shape index (κ2) is 20.6. The Morgan fingerprint density at radius 1 is 0.682 bits per heavy atom. The van der Waals surface area contributed by atoms with Crippen molar-refractivity contribution in [2.45, 2.75) is 39.9 Å². The third-order valence-corrected chi connectivity index (χ3v) is 11.0. The molecule has 2 aliphatic heterocycles. The van der Waals surface area contributed by atoms with Crippen LogP contribution >= 0.6 is 0 Å². The summed E-state index contributed by atoms with van der Waals surface area (Å²) >= 11 is 0. The van der Waals surface area contributed by atoms with Crippen molar-refractivity contribution in [3.8, 4) is 44.8 Å². The van der Waals surface area contributed by atoms with E-state index in [0.717, 1.165) is 80.7 Å². The lowest BCUT2D eigenvalue weighted by atomic mass is 9.99. The van der Waals surface area contributed by atoms with Gasteiger partial charge < -0.3 is 25.4 Å².